The molecule has 0 unspecified atom stereocenters. The Labute approximate surface area is 119 Å². The Morgan fingerprint density at radius 2 is 1.70 bits per heavy atom. The average Bonchev–Trinajstić information content (AvgIpc) is 2.49. The number of benzene rings is 2. The Balaban J connectivity index is 2.33. The van der Waals surface area contributed by atoms with Gasteiger partial charge in [0.05, 0.1) is 0 Å². The summed E-state index contributed by atoms with van der Waals surface area (Å²) in [6.45, 7) is 3.97. The van der Waals surface area contributed by atoms with Crippen LogP contribution in [0.3, 0.4) is 0 Å². The van der Waals surface area contributed by atoms with Crippen molar-refractivity contribution < 1.29 is 9.18 Å². The number of hydrogen-bond donors (Lipinski definition) is 0. The first kappa shape index (κ1) is 14.4. The van der Waals surface area contributed by atoms with Crippen LogP contribution in [0.25, 0.3) is 11.1 Å². The van der Waals surface area contributed by atoms with Gasteiger partial charge in [0.2, 0.25) is 0 Å². The van der Waals surface area contributed by atoms with Crippen LogP contribution in [-0.4, -0.2) is 5.78 Å². The van der Waals surface area contributed by atoms with Crippen LogP contribution in [0.2, 0.25) is 0 Å². The zero-order chi connectivity index (χ0) is 14.5. The summed E-state index contributed by atoms with van der Waals surface area (Å²) in [4.78, 5) is 12.2. The van der Waals surface area contributed by atoms with Crippen LogP contribution in [0.15, 0.2) is 48.5 Å². The highest BCUT2D eigenvalue weighted by Gasteiger charge is 2.17. The van der Waals surface area contributed by atoms with Crippen LogP contribution < -0.4 is 0 Å². The molecule has 0 saturated heterocycles. The minimum Gasteiger partial charge on any atom is -0.294 e. The van der Waals surface area contributed by atoms with Crippen LogP contribution >= 0.6 is 0 Å². The first-order valence-electron chi connectivity index (χ1n) is 7.06. The fraction of sp³-hybridized carbons (Fsp3) is 0.278. The molecule has 0 aliphatic rings. The molecule has 0 aromatic heterocycles. The van der Waals surface area contributed by atoms with E-state index in [0.717, 1.165) is 18.4 Å². The van der Waals surface area contributed by atoms with E-state index in [9.17, 15) is 9.18 Å². The van der Waals surface area contributed by atoms with Crippen LogP contribution in [-0.2, 0) is 0 Å². The lowest BCUT2D eigenvalue weighted by Gasteiger charge is -2.12. The number of ketones is 1. The van der Waals surface area contributed by atoms with Crippen LogP contribution in [0.4, 0.5) is 4.39 Å². The highest BCUT2D eigenvalue weighted by Crippen LogP contribution is 2.25. The lowest BCUT2D eigenvalue weighted by molar-refractivity contribution is 0.0913. The molecule has 0 spiro atoms. The Bertz CT molecular complexity index is 586. The van der Waals surface area contributed by atoms with Gasteiger partial charge in [0.1, 0.15) is 5.82 Å². The predicted octanol–water partition coefficient (Wildman–Crippen LogP) is 5.11. The van der Waals surface area contributed by atoms with Gasteiger partial charge in [0.25, 0.3) is 0 Å². The molecule has 20 heavy (non-hydrogen) atoms. The summed E-state index contributed by atoms with van der Waals surface area (Å²) in [5, 5.41) is 0. The summed E-state index contributed by atoms with van der Waals surface area (Å²) in [5.74, 6) is -0.321. The van der Waals surface area contributed by atoms with Gasteiger partial charge >= 0.3 is 0 Å². The van der Waals surface area contributed by atoms with Crippen molar-refractivity contribution in [1.29, 1.82) is 0 Å². The third kappa shape index (κ3) is 2.96. The first-order valence-corrected chi connectivity index (χ1v) is 7.06. The molecular weight excluding hydrogens is 251 g/mol. The molecule has 0 amide bonds. The molecule has 0 N–H and O–H groups in total. The summed E-state index contributed by atoms with van der Waals surface area (Å²) in [7, 11) is 0. The summed E-state index contributed by atoms with van der Waals surface area (Å²) in [6, 6.07) is 14.2. The van der Waals surface area contributed by atoms with Crippen molar-refractivity contribution in [1.82, 2.24) is 0 Å². The van der Waals surface area contributed by atoms with Gasteiger partial charge in [-0.2, -0.15) is 0 Å². The molecule has 104 valence electrons. The number of Topliss-reactive ketones (excluding diaryl/α,β-unsaturated/α-hetero) is 1. The molecule has 0 radical (unpaired) electrons. The maximum Gasteiger partial charge on any atom is 0.166 e. The average molecular weight is 270 g/mol. The maximum atomic E-state index is 14.2. The van der Waals surface area contributed by atoms with Gasteiger partial charge in [-0.05, 0) is 24.5 Å². The van der Waals surface area contributed by atoms with E-state index in [0.29, 0.717) is 11.1 Å². The lowest BCUT2D eigenvalue weighted by atomic mass is 9.92. The summed E-state index contributed by atoms with van der Waals surface area (Å²) < 4.78 is 14.2. The number of rotatable bonds is 5. The van der Waals surface area contributed by atoms with Gasteiger partial charge < -0.3 is 0 Å². The van der Waals surface area contributed by atoms with Crippen molar-refractivity contribution in [3.05, 3.63) is 59.9 Å². The first-order chi connectivity index (χ1) is 9.67. The smallest absolute Gasteiger partial charge is 0.166 e. The predicted molar refractivity (Wildman–Crippen MR) is 80.2 cm³/mol. The van der Waals surface area contributed by atoms with Crippen LogP contribution in [0.5, 0.6) is 0 Å². The van der Waals surface area contributed by atoms with E-state index in [1.54, 1.807) is 12.1 Å². The second kappa shape index (κ2) is 6.47. The number of hydrogen-bond acceptors (Lipinski definition) is 1. The Hall–Kier alpha value is -1.96. The maximum absolute atomic E-state index is 14.2. The monoisotopic (exact) mass is 270 g/mol. The number of halogens is 1. The second-order valence-corrected chi connectivity index (χ2v) is 4.94. The highest BCUT2D eigenvalue weighted by atomic mass is 19.1. The standard InChI is InChI=1S/C18H19FO/c1-3-13(4-2)18(20)15-10-11-16(17(19)12-15)14-8-6-5-7-9-14/h5-13H,3-4H2,1-2H3. The lowest BCUT2D eigenvalue weighted by Crippen LogP contribution is -2.13. The van der Waals surface area contributed by atoms with Crippen molar-refractivity contribution in [3.63, 3.8) is 0 Å². The molecule has 2 aromatic rings. The zero-order valence-electron chi connectivity index (χ0n) is 11.9. The molecule has 2 aromatic carbocycles. The van der Waals surface area contributed by atoms with Crippen molar-refractivity contribution in [2.75, 3.05) is 0 Å². The summed E-state index contributed by atoms with van der Waals surface area (Å²) >= 11 is 0. The molecule has 0 aliphatic heterocycles. The minimum absolute atomic E-state index is 0.0167. The molecule has 0 heterocycles. The Morgan fingerprint density at radius 1 is 1.05 bits per heavy atom. The highest BCUT2D eigenvalue weighted by molar-refractivity contribution is 5.98. The van der Waals surface area contributed by atoms with E-state index >= 15 is 0 Å². The Morgan fingerprint density at radius 3 is 2.25 bits per heavy atom. The SMILES string of the molecule is CCC(CC)C(=O)c1ccc(-c2ccccc2)c(F)c1. The van der Waals surface area contributed by atoms with E-state index in [4.69, 9.17) is 0 Å². The zero-order valence-corrected chi connectivity index (χ0v) is 11.9. The third-order valence-electron chi connectivity index (χ3n) is 3.69. The minimum atomic E-state index is -0.340. The topological polar surface area (TPSA) is 17.1 Å². The quantitative estimate of drug-likeness (QED) is 0.690. The van der Waals surface area contributed by atoms with Gasteiger partial charge in [0.15, 0.2) is 5.78 Å². The van der Waals surface area contributed by atoms with Crippen molar-refractivity contribution in [2.45, 2.75) is 26.7 Å². The molecule has 0 bridgehead atoms. The van der Waals surface area contributed by atoms with Gasteiger partial charge in [-0.25, -0.2) is 4.39 Å². The van der Waals surface area contributed by atoms with Gasteiger partial charge in [-0.1, -0.05) is 56.3 Å². The largest absolute Gasteiger partial charge is 0.294 e. The van der Waals surface area contributed by atoms with Gasteiger partial charge in [0, 0.05) is 17.0 Å². The van der Waals surface area contributed by atoms with E-state index in [-0.39, 0.29) is 17.5 Å². The second-order valence-electron chi connectivity index (χ2n) is 4.94. The number of carbonyl (C=O) groups excluding carboxylic acids is 1. The summed E-state index contributed by atoms with van der Waals surface area (Å²) in [6.07, 6.45) is 1.58. The fourth-order valence-corrected chi connectivity index (χ4v) is 2.42. The van der Waals surface area contributed by atoms with Crippen LogP contribution in [0, 0.1) is 11.7 Å². The molecule has 0 fully saturated rings. The summed E-state index contributed by atoms with van der Waals surface area (Å²) in [5.41, 5.74) is 1.83. The van der Waals surface area contributed by atoms with Crippen molar-refractivity contribution in [2.24, 2.45) is 5.92 Å². The molecule has 2 rings (SSSR count). The molecule has 0 saturated carbocycles. The van der Waals surface area contributed by atoms with E-state index < -0.39 is 0 Å². The van der Waals surface area contributed by atoms with Gasteiger partial charge in [-0.3, -0.25) is 4.79 Å². The van der Waals surface area contributed by atoms with E-state index in [1.807, 2.05) is 44.2 Å². The van der Waals surface area contributed by atoms with Gasteiger partial charge in [-0.15, -0.1) is 0 Å². The Kier molecular flexibility index (Phi) is 4.67. The van der Waals surface area contributed by atoms with E-state index in [2.05, 4.69) is 0 Å². The van der Waals surface area contributed by atoms with Crippen LogP contribution in [0.1, 0.15) is 37.0 Å². The third-order valence-corrected chi connectivity index (χ3v) is 3.69. The molecule has 1 nitrogen and oxygen atoms in total. The molecule has 0 atom stereocenters. The molecular formula is C18H19FO. The fourth-order valence-electron chi connectivity index (χ4n) is 2.42. The van der Waals surface area contributed by atoms with Crippen molar-refractivity contribution in [3.8, 4) is 11.1 Å². The molecule has 2 heteroatoms. The van der Waals surface area contributed by atoms with Crippen molar-refractivity contribution >= 4 is 5.78 Å². The van der Waals surface area contributed by atoms with E-state index in [1.165, 1.54) is 6.07 Å². The normalized spacial score (nSPS) is 10.8. The number of carbonyl (C=O) groups is 1. The molecule has 0 aliphatic carbocycles.